The maximum Gasteiger partial charge on any atom is 0.343 e. The lowest BCUT2D eigenvalue weighted by Gasteiger charge is -2.13. The Bertz CT molecular complexity index is 835. The van der Waals surface area contributed by atoms with E-state index in [-0.39, 0.29) is 17.3 Å². The van der Waals surface area contributed by atoms with Crippen molar-refractivity contribution in [2.24, 2.45) is 0 Å². The molecule has 0 aliphatic rings. The number of benzene rings is 1. The van der Waals surface area contributed by atoms with Crippen molar-refractivity contribution in [2.45, 2.75) is 54.0 Å². The van der Waals surface area contributed by atoms with Crippen molar-refractivity contribution in [1.82, 2.24) is 9.78 Å². The minimum atomic E-state index is -0.646. The zero-order valence-corrected chi connectivity index (χ0v) is 17.2. The van der Waals surface area contributed by atoms with E-state index >= 15 is 0 Å². The Morgan fingerprint density at radius 3 is 2.41 bits per heavy atom. The molecule has 1 aromatic heterocycles. The number of esters is 1. The zero-order chi connectivity index (χ0) is 20.1. The molecule has 1 heterocycles. The van der Waals surface area contributed by atoms with Gasteiger partial charge in [0.25, 0.3) is 5.91 Å². The van der Waals surface area contributed by atoms with Gasteiger partial charge >= 0.3 is 5.97 Å². The van der Waals surface area contributed by atoms with Gasteiger partial charge in [-0.25, -0.2) is 4.79 Å². The van der Waals surface area contributed by atoms with E-state index in [9.17, 15) is 9.59 Å². The van der Waals surface area contributed by atoms with Crippen molar-refractivity contribution in [3.05, 3.63) is 45.2 Å². The molecule has 2 aromatic rings. The summed E-state index contributed by atoms with van der Waals surface area (Å²) >= 11 is 6.26. The molecular weight excluding hydrogens is 366 g/mol. The van der Waals surface area contributed by atoms with Crippen LogP contribution >= 0.6 is 11.6 Å². The predicted octanol–water partition coefficient (Wildman–Crippen LogP) is 4.37. The number of carbonyl (C=O) groups is 2. The highest BCUT2D eigenvalue weighted by Crippen LogP contribution is 2.23. The summed E-state index contributed by atoms with van der Waals surface area (Å²) in [6.45, 7) is 9.86. The molecule has 0 atom stereocenters. The number of nitrogens with zero attached hydrogens (tertiary/aromatic N) is 2. The Kier molecular flexibility index (Phi) is 7.02. The topological polar surface area (TPSA) is 73.2 Å². The van der Waals surface area contributed by atoms with Crippen LogP contribution in [0.15, 0.2) is 12.1 Å². The monoisotopic (exact) mass is 391 g/mol. The SMILES string of the molecule is CCCCn1nc(C)c(C(=O)OCC(=O)Nc2c(C)cc(C)cc2C)c1Cl. The molecular formula is C20H26ClN3O3. The first kappa shape index (κ1) is 21.0. The van der Waals surface area contributed by atoms with E-state index in [1.807, 2.05) is 32.9 Å². The summed E-state index contributed by atoms with van der Waals surface area (Å²) in [5, 5.41) is 7.33. The molecule has 146 valence electrons. The molecule has 27 heavy (non-hydrogen) atoms. The molecule has 0 saturated heterocycles. The van der Waals surface area contributed by atoms with Crippen LogP contribution in [0.4, 0.5) is 5.69 Å². The first-order valence-electron chi connectivity index (χ1n) is 9.02. The Morgan fingerprint density at radius 2 is 1.81 bits per heavy atom. The number of halogens is 1. The van der Waals surface area contributed by atoms with Crippen LogP contribution in [0.25, 0.3) is 0 Å². The minimum absolute atomic E-state index is 0.211. The standard InChI is InChI=1S/C20H26ClN3O3/c1-6-7-8-24-19(21)17(15(5)23-24)20(26)27-11-16(25)22-18-13(3)9-12(2)10-14(18)4/h9-10H,6-8,11H2,1-5H3,(H,22,25). The van der Waals surface area contributed by atoms with Gasteiger partial charge < -0.3 is 10.1 Å². The van der Waals surface area contributed by atoms with Crippen molar-refractivity contribution in [2.75, 3.05) is 11.9 Å². The zero-order valence-electron chi connectivity index (χ0n) is 16.5. The lowest BCUT2D eigenvalue weighted by Crippen LogP contribution is -2.22. The third-order valence-corrected chi connectivity index (χ3v) is 4.65. The number of aryl methyl sites for hydroxylation is 5. The normalized spacial score (nSPS) is 10.7. The van der Waals surface area contributed by atoms with E-state index in [0.29, 0.717) is 12.2 Å². The molecule has 6 nitrogen and oxygen atoms in total. The molecule has 0 unspecified atom stereocenters. The molecule has 0 radical (unpaired) electrons. The third kappa shape index (κ3) is 5.10. The van der Waals surface area contributed by atoms with Gasteiger partial charge in [0.2, 0.25) is 0 Å². The van der Waals surface area contributed by atoms with Crippen molar-refractivity contribution in [3.63, 3.8) is 0 Å². The number of amides is 1. The highest BCUT2D eigenvalue weighted by Gasteiger charge is 2.22. The van der Waals surface area contributed by atoms with Gasteiger partial charge in [0.15, 0.2) is 6.61 Å². The second kappa shape index (κ2) is 9.04. The van der Waals surface area contributed by atoms with Crippen LogP contribution in [0.5, 0.6) is 0 Å². The number of hydrogen-bond donors (Lipinski definition) is 1. The van der Waals surface area contributed by atoms with Crippen LogP contribution in [-0.4, -0.2) is 28.3 Å². The van der Waals surface area contributed by atoms with E-state index in [1.165, 1.54) is 0 Å². The van der Waals surface area contributed by atoms with Gasteiger partial charge in [0, 0.05) is 12.2 Å². The average Bonchev–Trinajstić information content (AvgIpc) is 2.87. The second-order valence-corrected chi connectivity index (χ2v) is 7.08. The van der Waals surface area contributed by atoms with E-state index in [2.05, 4.69) is 17.3 Å². The first-order valence-corrected chi connectivity index (χ1v) is 9.40. The van der Waals surface area contributed by atoms with E-state index in [4.69, 9.17) is 16.3 Å². The second-order valence-electron chi connectivity index (χ2n) is 6.73. The summed E-state index contributed by atoms with van der Waals surface area (Å²) in [5.41, 5.74) is 4.49. The summed E-state index contributed by atoms with van der Waals surface area (Å²) in [4.78, 5) is 24.6. The van der Waals surface area contributed by atoms with Gasteiger partial charge in [-0.05, 0) is 45.2 Å². The van der Waals surface area contributed by atoms with Crippen molar-refractivity contribution >= 4 is 29.2 Å². The minimum Gasteiger partial charge on any atom is -0.452 e. The van der Waals surface area contributed by atoms with Crippen LogP contribution < -0.4 is 5.32 Å². The highest BCUT2D eigenvalue weighted by molar-refractivity contribution is 6.32. The smallest absolute Gasteiger partial charge is 0.343 e. The van der Waals surface area contributed by atoms with Crippen LogP contribution in [0.2, 0.25) is 5.15 Å². The third-order valence-electron chi connectivity index (χ3n) is 4.27. The first-order chi connectivity index (χ1) is 12.7. The molecule has 0 saturated carbocycles. The summed E-state index contributed by atoms with van der Waals surface area (Å²) in [5.74, 6) is -1.04. The maximum absolute atomic E-state index is 12.4. The number of rotatable bonds is 7. The van der Waals surface area contributed by atoms with Crippen molar-refractivity contribution in [3.8, 4) is 0 Å². The highest BCUT2D eigenvalue weighted by atomic mass is 35.5. The number of unbranched alkanes of at least 4 members (excludes halogenated alkanes) is 1. The Hall–Kier alpha value is -2.34. The molecule has 0 fully saturated rings. The van der Waals surface area contributed by atoms with Crippen LogP contribution in [0, 0.1) is 27.7 Å². The molecule has 0 spiro atoms. The van der Waals surface area contributed by atoms with Crippen molar-refractivity contribution in [1.29, 1.82) is 0 Å². The molecule has 0 aliphatic heterocycles. The largest absolute Gasteiger partial charge is 0.452 e. The maximum atomic E-state index is 12.4. The number of carbonyl (C=O) groups excluding carboxylic acids is 2. The number of nitrogens with one attached hydrogen (secondary N) is 1. The Morgan fingerprint density at radius 1 is 1.19 bits per heavy atom. The van der Waals surface area contributed by atoms with Gasteiger partial charge in [0.1, 0.15) is 10.7 Å². The molecule has 0 aliphatic carbocycles. The quantitative estimate of drug-likeness (QED) is 0.711. The van der Waals surface area contributed by atoms with Crippen molar-refractivity contribution < 1.29 is 14.3 Å². The van der Waals surface area contributed by atoms with Gasteiger partial charge in [0.05, 0.1) is 5.69 Å². The number of ether oxygens (including phenoxy) is 1. The van der Waals surface area contributed by atoms with Gasteiger partial charge in [-0.3, -0.25) is 9.48 Å². The molecule has 2 rings (SSSR count). The van der Waals surface area contributed by atoms with Gasteiger partial charge in [-0.2, -0.15) is 5.10 Å². The molecule has 1 N–H and O–H groups in total. The molecule has 1 aromatic carbocycles. The Labute approximate surface area is 164 Å². The van der Waals surface area contributed by atoms with E-state index in [1.54, 1.807) is 11.6 Å². The fraction of sp³-hybridized carbons (Fsp3) is 0.450. The van der Waals surface area contributed by atoms with E-state index < -0.39 is 11.9 Å². The fourth-order valence-electron chi connectivity index (χ4n) is 3.00. The fourth-order valence-corrected chi connectivity index (χ4v) is 3.33. The lowest BCUT2D eigenvalue weighted by atomic mass is 10.1. The molecule has 0 bridgehead atoms. The average molecular weight is 392 g/mol. The predicted molar refractivity (Wildman–Crippen MR) is 106 cm³/mol. The van der Waals surface area contributed by atoms with Crippen LogP contribution in [0.1, 0.15) is 52.5 Å². The van der Waals surface area contributed by atoms with Gasteiger partial charge in [-0.15, -0.1) is 0 Å². The van der Waals surface area contributed by atoms with Crippen LogP contribution in [-0.2, 0) is 16.1 Å². The summed E-state index contributed by atoms with van der Waals surface area (Å²) in [6.07, 6.45) is 1.90. The summed E-state index contributed by atoms with van der Waals surface area (Å²) in [6, 6.07) is 3.98. The summed E-state index contributed by atoms with van der Waals surface area (Å²) < 4.78 is 6.75. The lowest BCUT2D eigenvalue weighted by molar-refractivity contribution is -0.119. The molecule has 1 amide bonds. The number of anilines is 1. The number of hydrogen-bond acceptors (Lipinski definition) is 4. The van der Waals surface area contributed by atoms with E-state index in [0.717, 1.165) is 35.2 Å². The number of aromatic nitrogens is 2. The Balaban J connectivity index is 2.02. The summed E-state index contributed by atoms with van der Waals surface area (Å²) in [7, 11) is 0. The molecule has 7 heteroatoms. The van der Waals surface area contributed by atoms with Gasteiger partial charge in [-0.1, -0.05) is 42.6 Å². The van der Waals surface area contributed by atoms with Crippen LogP contribution in [0.3, 0.4) is 0 Å².